The molecule has 3 nitrogen and oxygen atoms in total. The Hall–Kier alpha value is -1.56. The summed E-state index contributed by atoms with van der Waals surface area (Å²) in [5.41, 5.74) is 5.30. The lowest BCUT2D eigenvalue weighted by Gasteiger charge is -2.10. The number of thiocarbonyl (C=S) groups is 1. The van der Waals surface area contributed by atoms with Crippen molar-refractivity contribution in [2.24, 2.45) is 11.7 Å². The number of nitrogens with two attached hydrogens (primary N) is 1. The zero-order chi connectivity index (χ0) is 13.0. The summed E-state index contributed by atoms with van der Waals surface area (Å²) in [6, 6.07) is 2.63. The van der Waals surface area contributed by atoms with Crippen LogP contribution in [0.1, 0.15) is 17.3 Å². The van der Waals surface area contributed by atoms with E-state index in [1.165, 1.54) is 0 Å². The summed E-state index contributed by atoms with van der Waals surface area (Å²) in [5.74, 6) is -2.33. The Balaban J connectivity index is 2.67. The highest BCUT2D eigenvalue weighted by Crippen LogP contribution is 2.08. The predicted octanol–water partition coefficient (Wildman–Crippen LogP) is 1.62. The Morgan fingerprint density at radius 2 is 1.94 bits per heavy atom. The van der Waals surface area contributed by atoms with Crippen molar-refractivity contribution in [3.63, 3.8) is 0 Å². The standard InChI is InChI=1S/C11H12F2N2OS/c1-6(10(14)17)5-15-11(16)7-2-8(12)4-9(13)3-7/h2-4,6H,5H2,1H3,(H2,14,17)(H,15,16). The molecule has 0 aliphatic rings. The van der Waals surface area contributed by atoms with Crippen LogP contribution in [0.3, 0.4) is 0 Å². The molecule has 1 aromatic carbocycles. The van der Waals surface area contributed by atoms with Gasteiger partial charge in [-0.2, -0.15) is 0 Å². The third kappa shape index (κ3) is 4.07. The molecule has 92 valence electrons. The average Bonchev–Trinajstić information content (AvgIpc) is 2.23. The minimum absolute atomic E-state index is 0.0716. The summed E-state index contributed by atoms with van der Waals surface area (Å²) in [5, 5.41) is 2.49. The highest BCUT2D eigenvalue weighted by molar-refractivity contribution is 7.80. The normalized spacial score (nSPS) is 11.9. The zero-order valence-corrected chi connectivity index (χ0v) is 9.98. The highest BCUT2D eigenvalue weighted by atomic mass is 32.1. The van der Waals surface area contributed by atoms with E-state index < -0.39 is 17.5 Å². The van der Waals surface area contributed by atoms with Crippen LogP contribution in [0.4, 0.5) is 8.78 Å². The van der Waals surface area contributed by atoms with E-state index in [2.05, 4.69) is 5.32 Å². The largest absolute Gasteiger partial charge is 0.393 e. The van der Waals surface area contributed by atoms with Crippen LogP contribution in [0.2, 0.25) is 0 Å². The molecule has 1 aromatic rings. The van der Waals surface area contributed by atoms with Crippen LogP contribution in [0.5, 0.6) is 0 Å². The number of halogens is 2. The van der Waals surface area contributed by atoms with Gasteiger partial charge in [0.2, 0.25) is 0 Å². The van der Waals surface area contributed by atoms with Crippen molar-refractivity contribution in [1.82, 2.24) is 5.32 Å². The zero-order valence-electron chi connectivity index (χ0n) is 9.17. The first-order valence-corrected chi connectivity index (χ1v) is 5.34. The van der Waals surface area contributed by atoms with Crippen LogP contribution < -0.4 is 11.1 Å². The van der Waals surface area contributed by atoms with E-state index in [0.717, 1.165) is 12.1 Å². The van der Waals surface area contributed by atoms with Crippen molar-refractivity contribution in [2.75, 3.05) is 6.54 Å². The molecule has 0 heterocycles. The molecule has 0 aliphatic heterocycles. The average molecular weight is 258 g/mol. The topological polar surface area (TPSA) is 55.1 Å². The van der Waals surface area contributed by atoms with E-state index in [4.69, 9.17) is 18.0 Å². The van der Waals surface area contributed by atoms with E-state index in [9.17, 15) is 13.6 Å². The Morgan fingerprint density at radius 1 is 1.41 bits per heavy atom. The Kier molecular flexibility index (Phi) is 4.51. The van der Waals surface area contributed by atoms with Gasteiger partial charge in [-0.1, -0.05) is 19.1 Å². The number of rotatable bonds is 4. The molecule has 1 unspecified atom stereocenters. The van der Waals surface area contributed by atoms with Gasteiger partial charge >= 0.3 is 0 Å². The van der Waals surface area contributed by atoms with Gasteiger partial charge in [0, 0.05) is 24.1 Å². The van der Waals surface area contributed by atoms with Crippen LogP contribution >= 0.6 is 12.2 Å². The molecule has 3 N–H and O–H groups in total. The van der Waals surface area contributed by atoms with Crippen molar-refractivity contribution in [3.05, 3.63) is 35.4 Å². The van der Waals surface area contributed by atoms with E-state index in [1.54, 1.807) is 6.92 Å². The number of hydrogen-bond donors (Lipinski definition) is 2. The van der Waals surface area contributed by atoms with Crippen LogP contribution in [-0.2, 0) is 0 Å². The van der Waals surface area contributed by atoms with Crippen LogP contribution in [-0.4, -0.2) is 17.4 Å². The monoisotopic (exact) mass is 258 g/mol. The van der Waals surface area contributed by atoms with Crippen LogP contribution in [0, 0.1) is 17.6 Å². The molecule has 0 fully saturated rings. The van der Waals surface area contributed by atoms with Gasteiger partial charge in [0.15, 0.2) is 0 Å². The smallest absolute Gasteiger partial charge is 0.251 e. The second-order valence-electron chi connectivity index (χ2n) is 3.67. The van der Waals surface area contributed by atoms with Gasteiger partial charge in [-0.05, 0) is 12.1 Å². The van der Waals surface area contributed by atoms with Crippen molar-refractivity contribution in [1.29, 1.82) is 0 Å². The maximum atomic E-state index is 12.9. The van der Waals surface area contributed by atoms with E-state index in [0.29, 0.717) is 6.07 Å². The van der Waals surface area contributed by atoms with Gasteiger partial charge in [-0.25, -0.2) is 8.78 Å². The summed E-state index contributed by atoms with van der Waals surface area (Å²) < 4.78 is 25.7. The molecule has 0 aliphatic carbocycles. The van der Waals surface area contributed by atoms with Gasteiger partial charge in [-0.15, -0.1) is 0 Å². The summed E-state index contributed by atoms with van der Waals surface area (Å²) >= 11 is 4.73. The summed E-state index contributed by atoms with van der Waals surface area (Å²) in [6.07, 6.45) is 0. The fourth-order valence-corrected chi connectivity index (χ4v) is 1.22. The molecule has 17 heavy (non-hydrogen) atoms. The lowest BCUT2D eigenvalue weighted by atomic mass is 10.1. The lowest BCUT2D eigenvalue weighted by Crippen LogP contribution is -2.33. The number of benzene rings is 1. The quantitative estimate of drug-likeness (QED) is 0.807. The molecule has 1 rings (SSSR count). The van der Waals surface area contributed by atoms with Gasteiger partial charge < -0.3 is 11.1 Å². The van der Waals surface area contributed by atoms with Gasteiger partial charge in [0.25, 0.3) is 5.91 Å². The minimum Gasteiger partial charge on any atom is -0.393 e. The van der Waals surface area contributed by atoms with E-state index >= 15 is 0 Å². The summed E-state index contributed by atoms with van der Waals surface area (Å²) in [6.45, 7) is 1.97. The SMILES string of the molecule is CC(CNC(=O)c1cc(F)cc(F)c1)C(N)=S. The molecule has 0 saturated heterocycles. The second-order valence-corrected chi connectivity index (χ2v) is 4.14. The molecule has 1 amide bonds. The Labute approximate surface area is 103 Å². The molecule has 0 radical (unpaired) electrons. The number of hydrogen-bond acceptors (Lipinski definition) is 2. The maximum absolute atomic E-state index is 12.9. The van der Waals surface area contributed by atoms with Crippen molar-refractivity contribution >= 4 is 23.1 Å². The first kappa shape index (κ1) is 13.5. The first-order valence-electron chi connectivity index (χ1n) is 4.93. The molecule has 0 aromatic heterocycles. The lowest BCUT2D eigenvalue weighted by molar-refractivity contribution is 0.0950. The first-order chi connectivity index (χ1) is 7.90. The van der Waals surface area contributed by atoms with Gasteiger partial charge in [-0.3, -0.25) is 4.79 Å². The number of nitrogens with one attached hydrogen (secondary N) is 1. The Morgan fingerprint density at radius 3 is 2.41 bits per heavy atom. The third-order valence-corrected chi connectivity index (χ3v) is 2.58. The predicted molar refractivity (Wildman–Crippen MR) is 64.6 cm³/mol. The molecule has 0 bridgehead atoms. The number of carbonyl (C=O) groups is 1. The van der Waals surface area contributed by atoms with Gasteiger partial charge in [0.05, 0.1) is 4.99 Å². The van der Waals surface area contributed by atoms with Crippen molar-refractivity contribution in [2.45, 2.75) is 6.92 Å². The van der Waals surface area contributed by atoms with Gasteiger partial charge in [0.1, 0.15) is 11.6 Å². The van der Waals surface area contributed by atoms with Crippen molar-refractivity contribution < 1.29 is 13.6 Å². The molecular weight excluding hydrogens is 246 g/mol. The van der Waals surface area contributed by atoms with Crippen molar-refractivity contribution in [3.8, 4) is 0 Å². The minimum atomic E-state index is -0.794. The summed E-state index contributed by atoms with van der Waals surface area (Å²) in [7, 11) is 0. The highest BCUT2D eigenvalue weighted by Gasteiger charge is 2.11. The van der Waals surface area contributed by atoms with E-state index in [1.807, 2.05) is 0 Å². The fraction of sp³-hybridized carbons (Fsp3) is 0.273. The number of carbonyl (C=O) groups excluding carboxylic acids is 1. The third-order valence-electron chi connectivity index (χ3n) is 2.18. The van der Waals surface area contributed by atoms with Crippen LogP contribution in [0.15, 0.2) is 18.2 Å². The molecule has 0 spiro atoms. The summed E-state index contributed by atoms with van der Waals surface area (Å²) in [4.78, 5) is 11.8. The molecular formula is C11H12F2N2OS. The fourth-order valence-electron chi connectivity index (χ4n) is 1.13. The Bertz CT molecular complexity index is 431. The van der Waals surface area contributed by atoms with Crippen LogP contribution in [0.25, 0.3) is 0 Å². The molecule has 1 atom stereocenters. The molecule has 0 saturated carbocycles. The number of amides is 1. The maximum Gasteiger partial charge on any atom is 0.251 e. The molecule has 6 heteroatoms. The second kappa shape index (κ2) is 5.67. The van der Waals surface area contributed by atoms with E-state index in [-0.39, 0.29) is 23.0 Å².